The molecule has 2 fully saturated rings. The van der Waals surface area contributed by atoms with Crippen molar-refractivity contribution in [1.29, 1.82) is 0 Å². The molecule has 4 rings (SSSR count). The van der Waals surface area contributed by atoms with Crippen LogP contribution in [0.2, 0.25) is 0 Å². The van der Waals surface area contributed by atoms with Crippen LogP contribution < -0.4 is 9.64 Å². The van der Waals surface area contributed by atoms with Gasteiger partial charge in [-0.05, 0) is 43.4 Å². The Bertz CT molecular complexity index is 636. The first kappa shape index (κ1) is 12.7. The fourth-order valence-corrected chi connectivity index (χ4v) is 3.03. The van der Waals surface area contributed by atoms with Crippen LogP contribution in [0.15, 0.2) is 28.7 Å². The van der Waals surface area contributed by atoms with Crippen LogP contribution in [0, 0.1) is 0 Å². The molecular formula is C16H19N3O2. The monoisotopic (exact) mass is 285 g/mol. The number of methoxy groups -OCH3 is 1. The number of nitrogens with zero attached hydrogens (tertiary/aromatic N) is 3. The average Bonchev–Trinajstić information content (AvgIpc) is 3.07. The maximum Gasteiger partial charge on any atom is 0.318 e. The van der Waals surface area contributed by atoms with Gasteiger partial charge < -0.3 is 14.1 Å². The third-order valence-electron chi connectivity index (χ3n) is 4.33. The number of hydrogen-bond acceptors (Lipinski definition) is 5. The third kappa shape index (κ3) is 2.37. The Morgan fingerprint density at radius 2 is 2.14 bits per heavy atom. The summed E-state index contributed by atoms with van der Waals surface area (Å²) in [6.07, 6.45) is 4.61. The molecular weight excluding hydrogens is 266 g/mol. The van der Waals surface area contributed by atoms with Crippen LogP contribution in [0.25, 0.3) is 0 Å². The van der Waals surface area contributed by atoms with Gasteiger partial charge in [-0.2, -0.15) is 0 Å². The topological polar surface area (TPSA) is 51.4 Å². The van der Waals surface area contributed by atoms with Crippen molar-refractivity contribution in [3.63, 3.8) is 0 Å². The summed E-state index contributed by atoms with van der Waals surface area (Å²) >= 11 is 0. The Balaban J connectivity index is 1.61. The van der Waals surface area contributed by atoms with Gasteiger partial charge in [0.1, 0.15) is 5.75 Å². The van der Waals surface area contributed by atoms with E-state index in [2.05, 4.69) is 27.2 Å². The average molecular weight is 285 g/mol. The van der Waals surface area contributed by atoms with Gasteiger partial charge in [-0.25, -0.2) is 0 Å². The Hall–Kier alpha value is -2.04. The van der Waals surface area contributed by atoms with E-state index >= 15 is 0 Å². The molecule has 110 valence electrons. The summed E-state index contributed by atoms with van der Waals surface area (Å²) in [6, 6.07) is 9.22. The van der Waals surface area contributed by atoms with Crippen LogP contribution in [0.3, 0.4) is 0 Å². The minimum Gasteiger partial charge on any atom is -0.497 e. The van der Waals surface area contributed by atoms with E-state index in [1.165, 1.54) is 18.4 Å². The molecule has 0 bridgehead atoms. The molecule has 2 aliphatic rings. The van der Waals surface area contributed by atoms with Gasteiger partial charge in [-0.1, -0.05) is 17.2 Å². The first-order chi connectivity index (χ1) is 10.3. The van der Waals surface area contributed by atoms with E-state index in [-0.39, 0.29) is 0 Å². The van der Waals surface area contributed by atoms with Crippen LogP contribution in [0.1, 0.15) is 49.1 Å². The Kier molecular flexibility index (Phi) is 3.05. The molecule has 0 amide bonds. The lowest BCUT2D eigenvalue weighted by molar-refractivity contribution is 0.413. The molecule has 0 N–H and O–H groups in total. The van der Waals surface area contributed by atoms with Crippen LogP contribution in [-0.2, 0) is 0 Å². The maximum absolute atomic E-state index is 5.87. The van der Waals surface area contributed by atoms with Crippen molar-refractivity contribution in [1.82, 2.24) is 10.2 Å². The third-order valence-corrected chi connectivity index (χ3v) is 4.33. The largest absolute Gasteiger partial charge is 0.497 e. The quantitative estimate of drug-likeness (QED) is 0.862. The van der Waals surface area contributed by atoms with Crippen molar-refractivity contribution in [2.45, 2.75) is 37.6 Å². The molecule has 0 radical (unpaired) electrons. The van der Waals surface area contributed by atoms with E-state index in [1.54, 1.807) is 7.11 Å². The van der Waals surface area contributed by atoms with Crippen LogP contribution in [0.4, 0.5) is 6.01 Å². The summed E-state index contributed by atoms with van der Waals surface area (Å²) in [6.45, 7) is 0.966. The van der Waals surface area contributed by atoms with Crippen LogP contribution in [-0.4, -0.2) is 23.9 Å². The summed E-state index contributed by atoms with van der Waals surface area (Å²) in [7, 11) is 1.70. The normalized spacial score (nSPS) is 21.8. The number of ether oxygens (including phenoxy) is 1. The zero-order valence-electron chi connectivity index (χ0n) is 12.2. The van der Waals surface area contributed by atoms with E-state index in [9.17, 15) is 0 Å². The lowest BCUT2D eigenvalue weighted by atomic mass is 10.0. The summed E-state index contributed by atoms with van der Waals surface area (Å²) in [5.74, 6) is 2.20. The highest BCUT2D eigenvalue weighted by Crippen LogP contribution is 2.42. The van der Waals surface area contributed by atoms with Crippen molar-refractivity contribution >= 4 is 6.01 Å². The maximum atomic E-state index is 5.87. The van der Waals surface area contributed by atoms with Gasteiger partial charge in [0.25, 0.3) is 0 Å². The van der Waals surface area contributed by atoms with Gasteiger partial charge in [0.2, 0.25) is 5.89 Å². The first-order valence-corrected chi connectivity index (χ1v) is 7.59. The molecule has 1 saturated carbocycles. The van der Waals surface area contributed by atoms with E-state index in [0.717, 1.165) is 31.0 Å². The van der Waals surface area contributed by atoms with Crippen molar-refractivity contribution in [2.24, 2.45) is 0 Å². The van der Waals surface area contributed by atoms with Crippen molar-refractivity contribution in [2.75, 3.05) is 18.6 Å². The zero-order valence-corrected chi connectivity index (χ0v) is 12.2. The number of rotatable bonds is 4. The minimum atomic E-state index is 0.299. The molecule has 5 heteroatoms. The molecule has 21 heavy (non-hydrogen) atoms. The molecule has 2 heterocycles. The number of aromatic nitrogens is 2. The first-order valence-electron chi connectivity index (χ1n) is 7.59. The zero-order chi connectivity index (χ0) is 14.2. The predicted molar refractivity (Wildman–Crippen MR) is 78.6 cm³/mol. The molecule has 0 unspecified atom stereocenters. The molecule has 5 nitrogen and oxygen atoms in total. The van der Waals surface area contributed by atoms with E-state index < -0.39 is 0 Å². The molecule has 0 spiro atoms. The molecule has 1 aliphatic carbocycles. The van der Waals surface area contributed by atoms with Gasteiger partial charge in [0, 0.05) is 12.5 Å². The van der Waals surface area contributed by atoms with Crippen molar-refractivity contribution < 1.29 is 9.15 Å². The smallest absolute Gasteiger partial charge is 0.318 e. The van der Waals surface area contributed by atoms with Crippen molar-refractivity contribution in [3.05, 3.63) is 35.7 Å². The summed E-state index contributed by atoms with van der Waals surface area (Å²) in [5, 5.41) is 8.46. The Labute approximate surface area is 123 Å². The van der Waals surface area contributed by atoms with Gasteiger partial charge in [0.15, 0.2) is 0 Å². The van der Waals surface area contributed by atoms with Gasteiger partial charge in [-0.15, -0.1) is 5.10 Å². The second-order valence-corrected chi connectivity index (χ2v) is 5.83. The second kappa shape index (κ2) is 5.06. The lowest BCUT2D eigenvalue weighted by Crippen LogP contribution is -2.22. The lowest BCUT2D eigenvalue weighted by Gasteiger charge is -2.23. The van der Waals surface area contributed by atoms with Gasteiger partial charge in [0.05, 0.1) is 13.2 Å². The molecule has 2 aromatic rings. The SMILES string of the molecule is COc1cccc([C@@H]2CCCN2c2nnc(C3CC3)o2)c1. The molecule has 1 aromatic carbocycles. The predicted octanol–water partition coefficient (Wildman–Crippen LogP) is 3.30. The number of hydrogen-bond donors (Lipinski definition) is 0. The fraction of sp³-hybridized carbons (Fsp3) is 0.500. The minimum absolute atomic E-state index is 0.299. The van der Waals surface area contributed by atoms with Gasteiger partial charge in [-0.3, -0.25) is 0 Å². The molecule has 1 aliphatic heterocycles. The summed E-state index contributed by atoms with van der Waals surface area (Å²) in [4.78, 5) is 2.23. The van der Waals surface area contributed by atoms with Crippen molar-refractivity contribution in [3.8, 4) is 5.75 Å². The van der Waals surface area contributed by atoms with Crippen LogP contribution >= 0.6 is 0 Å². The standard InChI is InChI=1S/C16H19N3O2/c1-20-13-5-2-4-12(10-13)14-6-3-9-19(14)16-18-17-15(21-16)11-7-8-11/h2,4-5,10-11,14H,3,6-9H2,1H3/t14-/m0/s1. The summed E-state index contributed by atoms with van der Waals surface area (Å²) < 4.78 is 11.2. The van der Waals surface area contributed by atoms with E-state index in [4.69, 9.17) is 9.15 Å². The number of benzene rings is 1. The molecule has 1 atom stereocenters. The Morgan fingerprint density at radius 1 is 1.24 bits per heavy atom. The second-order valence-electron chi connectivity index (χ2n) is 5.83. The van der Waals surface area contributed by atoms with Crippen LogP contribution in [0.5, 0.6) is 5.75 Å². The van der Waals surface area contributed by atoms with Gasteiger partial charge >= 0.3 is 6.01 Å². The molecule has 1 saturated heterocycles. The summed E-state index contributed by atoms with van der Waals surface area (Å²) in [5.41, 5.74) is 1.25. The Morgan fingerprint density at radius 3 is 2.95 bits per heavy atom. The van der Waals surface area contributed by atoms with E-state index in [0.29, 0.717) is 18.0 Å². The molecule has 1 aromatic heterocycles. The highest BCUT2D eigenvalue weighted by Gasteiger charge is 2.33. The fourth-order valence-electron chi connectivity index (χ4n) is 3.03. The highest BCUT2D eigenvalue weighted by atomic mass is 16.5. The number of anilines is 1. The highest BCUT2D eigenvalue weighted by molar-refractivity contribution is 5.39. The van der Waals surface area contributed by atoms with E-state index in [1.807, 2.05) is 12.1 Å².